The number of carbonyl (C=O) groups is 1. The lowest BCUT2D eigenvalue weighted by Gasteiger charge is -2.03. The Bertz CT molecular complexity index is 603. The molecule has 0 aliphatic rings. The Morgan fingerprint density at radius 2 is 2.28 bits per heavy atom. The number of hydrogen-bond donors (Lipinski definition) is 1. The van der Waals surface area contributed by atoms with Crippen molar-refractivity contribution in [1.82, 2.24) is 9.71 Å². The lowest BCUT2D eigenvalue weighted by molar-refractivity contribution is -0.119. The first-order valence-electron chi connectivity index (χ1n) is 5.04. The van der Waals surface area contributed by atoms with E-state index in [1.54, 1.807) is 17.0 Å². The van der Waals surface area contributed by atoms with Crippen molar-refractivity contribution in [3.63, 3.8) is 0 Å². The predicted molar refractivity (Wildman–Crippen MR) is 70.1 cm³/mol. The maximum absolute atomic E-state index is 11.7. The van der Waals surface area contributed by atoms with Crippen molar-refractivity contribution in [3.05, 3.63) is 34.1 Å². The van der Waals surface area contributed by atoms with E-state index in [9.17, 15) is 13.2 Å². The topological polar surface area (TPSA) is 76.1 Å². The van der Waals surface area contributed by atoms with E-state index in [2.05, 4.69) is 4.98 Å². The zero-order valence-electron chi connectivity index (χ0n) is 9.20. The number of rotatable bonds is 5. The average Bonchev–Trinajstić information content (AvgIpc) is 2.99. The largest absolute Gasteiger partial charge is 0.274 e. The monoisotopic (exact) mass is 302 g/mol. The lowest BCUT2D eigenvalue weighted by atomic mass is 10.2. The first kappa shape index (κ1) is 13.2. The van der Waals surface area contributed by atoms with Gasteiger partial charge in [0, 0.05) is 11.8 Å². The molecule has 0 radical (unpaired) electrons. The van der Waals surface area contributed by atoms with Crippen LogP contribution >= 0.6 is 22.7 Å². The van der Waals surface area contributed by atoms with E-state index in [-0.39, 0.29) is 10.6 Å². The molecule has 0 aliphatic heterocycles. The molecule has 0 atom stereocenters. The molecule has 0 saturated carbocycles. The summed E-state index contributed by atoms with van der Waals surface area (Å²) in [5.41, 5.74) is 2.47. The molecule has 96 valence electrons. The molecule has 2 heterocycles. The third kappa shape index (κ3) is 3.37. The van der Waals surface area contributed by atoms with Crippen LogP contribution in [0.3, 0.4) is 0 Å². The zero-order chi connectivity index (χ0) is 13.0. The van der Waals surface area contributed by atoms with Gasteiger partial charge in [-0.1, -0.05) is 6.07 Å². The molecule has 0 unspecified atom stereocenters. The van der Waals surface area contributed by atoms with Crippen molar-refractivity contribution in [3.8, 4) is 0 Å². The van der Waals surface area contributed by atoms with Crippen molar-refractivity contribution in [2.45, 2.75) is 17.1 Å². The molecule has 8 heteroatoms. The number of carbonyl (C=O) groups excluding carboxylic acids is 1. The molecular formula is C10H10N2O3S3. The summed E-state index contributed by atoms with van der Waals surface area (Å²) in [7, 11) is -3.71. The van der Waals surface area contributed by atoms with Gasteiger partial charge in [-0.15, -0.1) is 22.7 Å². The van der Waals surface area contributed by atoms with Gasteiger partial charge in [-0.25, -0.2) is 18.1 Å². The van der Waals surface area contributed by atoms with Crippen LogP contribution in [0.2, 0.25) is 0 Å². The van der Waals surface area contributed by atoms with Crippen molar-refractivity contribution in [2.75, 3.05) is 0 Å². The highest BCUT2D eigenvalue weighted by Crippen LogP contribution is 2.15. The van der Waals surface area contributed by atoms with E-state index in [1.807, 2.05) is 10.1 Å². The van der Waals surface area contributed by atoms with Crippen molar-refractivity contribution >= 4 is 38.6 Å². The van der Waals surface area contributed by atoms with Crippen LogP contribution in [0, 0.1) is 0 Å². The summed E-state index contributed by atoms with van der Waals surface area (Å²) in [6.07, 6.45) is 0.545. The number of thiophene rings is 1. The fourth-order valence-corrected chi connectivity index (χ4v) is 3.87. The maximum Gasteiger partial charge on any atom is 0.273 e. The lowest BCUT2D eigenvalue weighted by Crippen LogP contribution is -2.30. The number of aromatic nitrogens is 1. The molecule has 1 amide bonds. The molecule has 0 fully saturated rings. The SMILES string of the molecule is O=C(CCc1cscn1)NS(=O)(=O)c1cccs1. The van der Waals surface area contributed by atoms with E-state index >= 15 is 0 Å². The predicted octanol–water partition coefficient (Wildman–Crippen LogP) is 1.64. The van der Waals surface area contributed by atoms with E-state index < -0.39 is 15.9 Å². The van der Waals surface area contributed by atoms with Crippen molar-refractivity contribution < 1.29 is 13.2 Å². The van der Waals surface area contributed by atoms with E-state index in [0.717, 1.165) is 17.0 Å². The highest BCUT2D eigenvalue weighted by atomic mass is 32.2. The second-order valence-corrected chi connectivity index (χ2v) is 7.02. The van der Waals surface area contributed by atoms with E-state index in [1.165, 1.54) is 17.4 Å². The second-order valence-electron chi connectivity index (χ2n) is 3.44. The number of nitrogens with one attached hydrogen (secondary N) is 1. The maximum atomic E-state index is 11.7. The van der Waals surface area contributed by atoms with Crippen LogP contribution in [0.5, 0.6) is 0 Å². The minimum absolute atomic E-state index is 0.105. The van der Waals surface area contributed by atoms with Crippen LogP contribution in [-0.2, 0) is 21.2 Å². The summed E-state index contributed by atoms with van der Waals surface area (Å²) in [6.45, 7) is 0. The zero-order valence-corrected chi connectivity index (χ0v) is 11.6. The van der Waals surface area contributed by atoms with Crippen LogP contribution in [0.1, 0.15) is 12.1 Å². The van der Waals surface area contributed by atoms with Gasteiger partial charge in [0.1, 0.15) is 4.21 Å². The summed E-state index contributed by atoms with van der Waals surface area (Å²) in [5, 5.41) is 3.48. The first-order chi connectivity index (χ1) is 8.58. The highest BCUT2D eigenvalue weighted by Gasteiger charge is 2.18. The molecule has 0 spiro atoms. The summed E-state index contributed by atoms with van der Waals surface area (Å²) in [4.78, 5) is 15.6. The third-order valence-corrected chi connectivity index (χ3v) is 5.51. The van der Waals surface area contributed by atoms with Crippen LogP contribution in [0.25, 0.3) is 0 Å². The van der Waals surface area contributed by atoms with Crippen LogP contribution in [0.15, 0.2) is 32.6 Å². The number of aryl methyl sites for hydroxylation is 1. The Kier molecular flexibility index (Phi) is 4.10. The van der Waals surface area contributed by atoms with Crippen LogP contribution in [0.4, 0.5) is 0 Å². The summed E-state index contributed by atoms with van der Waals surface area (Å²) >= 11 is 2.52. The van der Waals surface area contributed by atoms with Gasteiger partial charge >= 0.3 is 0 Å². The molecule has 2 aromatic heterocycles. The Balaban J connectivity index is 1.92. The molecule has 1 N–H and O–H groups in total. The molecule has 2 rings (SSSR count). The van der Waals surface area contributed by atoms with Gasteiger partial charge in [0.2, 0.25) is 5.91 Å². The average molecular weight is 302 g/mol. The van der Waals surface area contributed by atoms with Gasteiger partial charge < -0.3 is 0 Å². The normalized spacial score (nSPS) is 11.3. The first-order valence-corrected chi connectivity index (χ1v) is 8.35. The third-order valence-electron chi connectivity index (χ3n) is 2.10. The van der Waals surface area contributed by atoms with Crippen molar-refractivity contribution in [2.24, 2.45) is 0 Å². The fraction of sp³-hybridized carbons (Fsp3) is 0.200. The summed E-state index contributed by atoms with van der Waals surface area (Å²) in [5.74, 6) is -0.517. The number of thiazole rings is 1. The molecule has 0 bridgehead atoms. The smallest absolute Gasteiger partial charge is 0.273 e. The minimum atomic E-state index is -3.71. The summed E-state index contributed by atoms with van der Waals surface area (Å²) < 4.78 is 25.6. The molecule has 0 aromatic carbocycles. The van der Waals surface area contributed by atoms with Gasteiger partial charge in [-0.3, -0.25) is 4.79 Å². The number of sulfonamides is 1. The Hall–Kier alpha value is -1.25. The highest BCUT2D eigenvalue weighted by molar-refractivity contribution is 7.92. The van der Waals surface area contributed by atoms with Crippen LogP contribution < -0.4 is 4.72 Å². The Morgan fingerprint density at radius 3 is 2.89 bits per heavy atom. The number of hydrogen-bond acceptors (Lipinski definition) is 6. The van der Waals surface area contributed by atoms with E-state index in [0.29, 0.717) is 6.42 Å². The number of nitrogens with zero attached hydrogens (tertiary/aromatic N) is 1. The summed E-state index contributed by atoms with van der Waals surface area (Å²) in [6, 6.07) is 3.08. The fourth-order valence-electron chi connectivity index (χ4n) is 1.27. The van der Waals surface area contributed by atoms with E-state index in [4.69, 9.17) is 0 Å². The van der Waals surface area contributed by atoms with Gasteiger partial charge in [0.25, 0.3) is 10.0 Å². The molecule has 2 aromatic rings. The minimum Gasteiger partial charge on any atom is -0.274 e. The van der Waals surface area contributed by atoms with Crippen molar-refractivity contribution in [1.29, 1.82) is 0 Å². The number of amides is 1. The van der Waals surface area contributed by atoms with Gasteiger partial charge in [-0.05, 0) is 17.9 Å². The second kappa shape index (κ2) is 5.59. The quantitative estimate of drug-likeness (QED) is 0.911. The molecular weight excluding hydrogens is 292 g/mol. The Morgan fingerprint density at radius 1 is 1.44 bits per heavy atom. The molecule has 5 nitrogen and oxygen atoms in total. The van der Waals surface area contributed by atoms with Gasteiger partial charge in [0.15, 0.2) is 0 Å². The molecule has 18 heavy (non-hydrogen) atoms. The molecule has 0 aliphatic carbocycles. The van der Waals surface area contributed by atoms with Crippen LogP contribution in [-0.4, -0.2) is 19.3 Å². The standard InChI is InChI=1S/C10H10N2O3S3/c13-9(4-3-8-6-16-7-11-8)12-18(14,15)10-2-1-5-17-10/h1-2,5-7H,3-4H2,(H,12,13). The molecule has 0 saturated heterocycles. The van der Waals surface area contributed by atoms with Gasteiger partial charge in [0.05, 0.1) is 11.2 Å². The van der Waals surface area contributed by atoms with Gasteiger partial charge in [-0.2, -0.15) is 0 Å². The Labute approximate surface area is 113 Å².